The van der Waals surface area contributed by atoms with E-state index >= 15 is 0 Å². The van der Waals surface area contributed by atoms with E-state index < -0.39 is 9.04 Å². The van der Waals surface area contributed by atoms with Gasteiger partial charge in [-0.1, -0.05) is 115 Å². The highest BCUT2D eigenvalue weighted by Gasteiger charge is 2.33. The van der Waals surface area contributed by atoms with Crippen LogP contribution in [0.15, 0.2) is 66.7 Å². The van der Waals surface area contributed by atoms with E-state index in [4.69, 9.17) is 9.16 Å². The van der Waals surface area contributed by atoms with Crippen molar-refractivity contribution < 1.29 is 14.0 Å². The topological polar surface area (TPSA) is 47.6 Å². The van der Waals surface area contributed by atoms with Gasteiger partial charge < -0.3 is 14.5 Å². The van der Waals surface area contributed by atoms with Crippen LogP contribution in [-0.4, -0.2) is 14.9 Å². The zero-order chi connectivity index (χ0) is 32.1. The number of amides is 1. The predicted octanol–water partition coefficient (Wildman–Crippen LogP) is 11.1. The fourth-order valence-electron chi connectivity index (χ4n) is 7.49. The molecule has 45 heavy (non-hydrogen) atoms. The molecule has 0 radical (unpaired) electrons. The molecule has 2 unspecified atom stereocenters. The highest BCUT2D eigenvalue weighted by molar-refractivity contribution is 6.48. The molecule has 0 saturated heterocycles. The molecular formula is C40H55NO3Si. The van der Waals surface area contributed by atoms with E-state index in [9.17, 15) is 4.79 Å². The van der Waals surface area contributed by atoms with Crippen LogP contribution in [0.25, 0.3) is 0 Å². The van der Waals surface area contributed by atoms with Gasteiger partial charge in [-0.2, -0.15) is 0 Å². The highest BCUT2D eigenvalue weighted by Crippen LogP contribution is 2.46. The van der Waals surface area contributed by atoms with Gasteiger partial charge in [0.25, 0.3) is 0 Å². The average Bonchev–Trinajstić information content (AvgIpc) is 3.00. The quantitative estimate of drug-likeness (QED) is 0.216. The summed E-state index contributed by atoms with van der Waals surface area (Å²) in [5, 5.41) is 3.37. The molecule has 3 aromatic carbocycles. The lowest BCUT2D eigenvalue weighted by atomic mass is 9.70. The third-order valence-corrected chi connectivity index (χ3v) is 10.9. The van der Waals surface area contributed by atoms with Crippen LogP contribution in [0.3, 0.4) is 0 Å². The predicted molar refractivity (Wildman–Crippen MR) is 190 cm³/mol. The third kappa shape index (κ3) is 8.48. The first-order chi connectivity index (χ1) is 21.5. The molecule has 5 rings (SSSR count). The van der Waals surface area contributed by atoms with Crippen molar-refractivity contribution in [3.05, 3.63) is 89.0 Å². The second-order valence-electron chi connectivity index (χ2n) is 15.2. The average molecular weight is 626 g/mol. The van der Waals surface area contributed by atoms with E-state index in [1.165, 1.54) is 44.1 Å². The fraction of sp³-hybridized carbons (Fsp3) is 0.525. The van der Waals surface area contributed by atoms with Crippen molar-refractivity contribution in [2.24, 2.45) is 17.3 Å². The number of fused-ring (bicyclic) bond motifs is 2. The molecule has 1 heterocycles. The van der Waals surface area contributed by atoms with E-state index in [1.807, 2.05) is 36.4 Å². The Morgan fingerprint density at radius 3 is 2.13 bits per heavy atom. The van der Waals surface area contributed by atoms with Crippen molar-refractivity contribution in [1.29, 1.82) is 0 Å². The Kier molecular flexibility index (Phi) is 10.9. The molecule has 1 amide bonds. The van der Waals surface area contributed by atoms with Crippen LogP contribution in [0.4, 0.5) is 5.69 Å². The summed E-state index contributed by atoms with van der Waals surface area (Å²) in [5.41, 5.74) is 5.60. The van der Waals surface area contributed by atoms with Crippen LogP contribution < -0.4 is 10.1 Å². The Bertz CT molecular complexity index is 1390. The maximum Gasteiger partial charge on any atom is 0.225 e. The molecule has 1 fully saturated rings. The number of carbonyl (C=O) groups excluding carboxylic acids is 1. The van der Waals surface area contributed by atoms with E-state index in [0.29, 0.717) is 12.3 Å². The van der Waals surface area contributed by atoms with Crippen molar-refractivity contribution >= 4 is 20.6 Å². The van der Waals surface area contributed by atoms with Gasteiger partial charge in [-0.3, -0.25) is 4.79 Å². The summed E-state index contributed by atoms with van der Waals surface area (Å²) >= 11 is 0. The second-order valence-corrected chi connectivity index (χ2v) is 17.6. The van der Waals surface area contributed by atoms with Crippen molar-refractivity contribution in [3.8, 4) is 11.5 Å². The fourth-order valence-corrected chi connectivity index (χ4v) is 8.41. The molecule has 2 atom stereocenters. The summed E-state index contributed by atoms with van der Waals surface area (Å²) in [6.07, 6.45) is 9.60. The molecule has 5 heteroatoms. The van der Waals surface area contributed by atoms with Crippen LogP contribution in [0, 0.1) is 17.3 Å². The summed E-state index contributed by atoms with van der Waals surface area (Å²) in [7, 11) is -1.32. The van der Waals surface area contributed by atoms with E-state index in [-0.39, 0.29) is 29.3 Å². The molecule has 0 bridgehead atoms. The molecule has 1 aliphatic carbocycles. The first-order valence-corrected chi connectivity index (χ1v) is 20.2. The minimum absolute atomic E-state index is 0.0196. The summed E-state index contributed by atoms with van der Waals surface area (Å²) in [6.45, 7) is 16.2. The molecule has 242 valence electrons. The smallest absolute Gasteiger partial charge is 0.225 e. The van der Waals surface area contributed by atoms with Gasteiger partial charge in [-0.25, -0.2) is 0 Å². The maximum atomic E-state index is 13.9. The van der Waals surface area contributed by atoms with Crippen LogP contribution in [0.5, 0.6) is 11.5 Å². The largest absolute Gasteiger partial charge is 0.457 e. The molecule has 1 aliphatic heterocycles. The Labute approximate surface area is 274 Å². The Hall–Kier alpha value is -2.89. The number of para-hydroxylation sites is 2. The minimum Gasteiger partial charge on any atom is -0.457 e. The lowest BCUT2D eigenvalue weighted by Gasteiger charge is -2.38. The van der Waals surface area contributed by atoms with Crippen LogP contribution in [0.1, 0.15) is 126 Å². The number of rotatable bonds is 11. The van der Waals surface area contributed by atoms with Crippen LogP contribution in [0.2, 0.25) is 13.1 Å². The number of anilines is 1. The monoisotopic (exact) mass is 625 g/mol. The van der Waals surface area contributed by atoms with Gasteiger partial charge in [-0.05, 0) is 78.4 Å². The second kappa shape index (κ2) is 14.7. The Morgan fingerprint density at radius 1 is 0.933 bits per heavy atom. The van der Waals surface area contributed by atoms with Crippen LogP contribution >= 0.6 is 0 Å². The van der Waals surface area contributed by atoms with Gasteiger partial charge >= 0.3 is 0 Å². The number of hydrogen-bond donors (Lipinski definition) is 1. The summed E-state index contributed by atoms with van der Waals surface area (Å²) < 4.78 is 13.0. The van der Waals surface area contributed by atoms with Gasteiger partial charge in [0, 0.05) is 29.2 Å². The minimum atomic E-state index is -1.32. The van der Waals surface area contributed by atoms with Gasteiger partial charge in [0.2, 0.25) is 5.91 Å². The van der Waals surface area contributed by atoms with Gasteiger partial charge in [0.15, 0.2) is 9.04 Å². The van der Waals surface area contributed by atoms with E-state index in [1.54, 1.807) is 0 Å². The maximum absolute atomic E-state index is 13.9. The molecular weight excluding hydrogens is 571 g/mol. The molecule has 0 spiro atoms. The van der Waals surface area contributed by atoms with Gasteiger partial charge in [-0.15, -0.1) is 0 Å². The Balaban J connectivity index is 1.40. The normalized spacial score (nSPS) is 17.0. The molecule has 2 aliphatic rings. The molecule has 4 nitrogen and oxygen atoms in total. The number of carbonyl (C=O) groups is 1. The lowest BCUT2D eigenvalue weighted by molar-refractivity contribution is -0.116. The third-order valence-electron chi connectivity index (χ3n) is 10.0. The summed E-state index contributed by atoms with van der Waals surface area (Å²) in [6, 6.07) is 22.9. The van der Waals surface area contributed by atoms with Gasteiger partial charge in [0.05, 0.1) is 6.10 Å². The number of hydrogen-bond acceptors (Lipinski definition) is 3. The summed E-state index contributed by atoms with van der Waals surface area (Å²) in [4.78, 5) is 13.9. The van der Waals surface area contributed by atoms with Gasteiger partial charge in [0.1, 0.15) is 11.5 Å². The standard InChI is InChI=1S/C40H55NO3Si/c1-27(2)31-22-21-29(38(44-45(6)7)25-30(40(3,4)5)23-28-15-9-8-10-16-28)24-35(31)41-39(42)26-34-32-17-11-13-19-36(32)43-37-20-14-12-18-33(34)37/h11-14,17-22,24,27-28,30,34,38,45H,8-10,15-16,23,25-26H2,1-7H3,(H,41,42). The molecule has 0 aromatic heterocycles. The zero-order valence-corrected chi connectivity index (χ0v) is 29.9. The van der Waals surface area contributed by atoms with E-state index in [2.05, 4.69) is 83.4 Å². The van der Waals surface area contributed by atoms with Crippen molar-refractivity contribution in [3.63, 3.8) is 0 Å². The molecule has 3 aromatic rings. The number of ether oxygens (including phenoxy) is 1. The van der Waals surface area contributed by atoms with Crippen molar-refractivity contribution in [1.82, 2.24) is 0 Å². The number of nitrogens with one attached hydrogen (secondary N) is 1. The SMILES string of the molecule is CC(C)c1ccc(C(CC(CC2CCCCC2)C(C)(C)C)O[SiH](C)C)cc1NC(=O)CC1c2ccccc2Oc2ccccc21. The lowest BCUT2D eigenvalue weighted by Crippen LogP contribution is -2.28. The van der Waals surface area contributed by atoms with Crippen molar-refractivity contribution in [2.75, 3.05) is 5.32 Å². The molecule has 1 N–H and O–H groups in total. The first kappa shape index (κ1) is 33.5. The highest BCUT2D eigenvalue weighted by atomic mass is 28.3. The zero-order valence-electron chi connectivity index (χ0n) is 28.7. The first-order valence-electron chi connectivity index (χ1n) is 17.4. The Morgan fingerprint density at radius 2 is 1.56 bits per heavy atom. The van der Waals surface area contributed by atoms with Crippen molar-refractivity contribution in [2.45, 2.75) is 117 Å². The summed E-state index contributed by atoms with van der Waals surface area (Å²) in [5.74, 6) is 3.31. The molecule has 1 saturated carbocycles. The van der Waals surface area contributed by atoms with E-state index in [0.717, 1.165) is 46.2 Å². The van der Waals surface area contributed by atoms with Crippen LogP contribution in [-0.2, 0) is 9.22 Å². The number of benzene rings is 3.